The van der Waals surface area contributed by atoms with Crippen molar-refractivity contribution in [3.05, 3.63) is 85.1 Å². The van der Waals surface area contributed by atoms with Gasteiger partial charge in [0.05, 0.1) is 6.61 Å². The normalized spacial score (nSPS) is 22.5. The van der Waals surface area contributed by atoms with Crippen LogP contribution in [0.5, 0.6) is 0 Å². The van der Waals surface area contributed by atoms with Crippen molar-refractivity contribution in [2.75, 3.05) is 13.2 Å². The predicted molar refractivity (Wildman–Crippen MR) is 248 cm³/mol. The number of phosphoric acid groups is 1. The largest absolute Gasteiger partial charge is 0.472 e. The van der Waals surface area contributed by atoms with E-state index in [1.807, 2.05) is 0 Å². The molecule has 1 aliphatic rings. The van der Waals surface area contributed by atoms with Gasteiger partial charge < -0.3 is 39.9 Å². The Bertz CT molecular complexity index is 1420. The van der Waals surface area contributed by atoms with Crippen molar-refractivity contribution in [1.82, 2.24) is 0 Å². The highest BCUT2D eigenvalue weighted by Crippen LogP contribution is 2.47. The van der Waals surface area contributed by atoms with Crippen molar-refractivity contribution in [3.8, 4) is 0 Å². The van der Waals surface area contributed by atoms with Gasteiger partial charge in [0.2, 0.25) is 0 Å². The third kappa shape index (κ3) is 30.7. The summed E-state index contributed by atoms with van der Waals surface area (Å²) in [5.74, 6) is -1.16. The molecule has 360 valence electrons. The fourth-order valence-corrected chi connectivity index (χ4v) is 7.43. The lowest BCUT2D eigenvalue weighted by atomic mass is 9.85. The van der Waals surface area contributed by atoms with Crippen LogP contribution >= 0.6 is 7.82 Å². The van der Waals surface area contributed by atoms with Crippen LogP contribution in [-0.2, 0) is 32.7 Å². The van der Waals surface area contributed by atoms with Crippen molar-refractivity contribution in [2.45, 2.75) is 198 Å². The van der Waals surface area contributed by atoms with E-state index >= 15 is 0 Å². The summed E-state index contributed by atoms with van der Waals surface area (Å²) in [5, 5.41) is 50.2. The molecular weight excluding hydrogens is 828 g/mol. The molecule has 6 N–H and O–H groups in total. The molecule has 0 saturated heterocycles. The van der Waals surface area contributed by atoms with Crippen LogP contribution in [0.15, 0.2) is 85.1 Å². The molecule has 0 aromatic rings. The minimum atomic E-state index is -5.14. The quantitative estimate of drug-likeness (QED) is 0.0149. The second-order valence-electron chi connectivity index (χ2n) is 15.9. The Labute approximate surface area is 378 Å². The number of carbonyl (C=O) groups is 2. The van der Waals surface area contributed by atoms with Crippen molar-refractivity contribution >= 4 is 19.8 Å². The number of esters is 2. The zero-order valence-corrected chi connectivity index (χ0v) is 39.0. The number of rotatable bonds is 37. The maximum Gasteiger partial charge on any atom is 0.472 e. The second-order valence-corrected chi connectivity index (χ2v) is 17.3. The fourth-order valence-electron chi connectivity index (χ4n) is 6.46. The van der Waals surface area contributed by atoms with Gasteiger partial charge >= 0.3 is 19.8 Å². The van der Waals surface area contributed by atoms with Gasteiger partial charge in [-0.2, -0.15) is 0 Å². The van der Waals surface area contributed by atoms with Gasteiger partial charge in [-0.3, -0.25) is 18.6 Å². The first-order chi connectivity index (χ1) is 30.4. The Morgan fingerprint density at radius 1 is 0.508 bits per heavy atom. The first-order valence-corrected chi connectivity index (χ1v) is 24.9. The average molecular weight is 909 g/mol. The molecule has 0 spiro atoms. The summed E-state index contributed by atoms with van der Waals surface area (Å²) in [6.07, 6.45) is 36.3. The van der Waals surface area contributed by atoms with Gasteiger partial charge in [0.1, 0.15) is 43.2 Å². The van der Waals surface area contributed by atoms with Crippen LogP contribution in [0.25, 0.3) is 0 Å². The van der Waals surface area contributed by atoms with E-state index in [4.69, 9.17) is 18.5 Å². The van der Waals surface area contributed by atoms with Gasteiger partial charge in [0.25, 0.3) is 0 Å². The summed E-state index contributed by atoms with van der Waals surface area (Å²) in [7, 11) is -5.14. The number of hydrogen-bond acceptors (Lipinski definition) is 12. The van der Waals surface area contributed by atoms with E-state index in [1.165, 1.54) is 19.3 Å². The molecule has 0 aliphatic heterocycles. The number of carbonyl (C=O) groups excluding carboxylic acids is 2. The molecule has 14 heteroatoms. The maximum atomic E-state index is 12.8. The zero-order chi connectivity index (χ0) is 46.4. The number of aliphatic hydroxyl groups is 5. The second kappa shape index (κ2) is 38.3. The van der Waals surface area contributed by atoms with E-state index in [9.17, 15) is 44.6 Å². The Kier molecular flexibility index (Phi) is 35.3. The van der Waals surface area contributed by atoms with Crippen molar-refractivity contribution in [2.24, 2.45) is 0 Å². The minimum Gasteiger partial charge on any atom is -0.462 e. The van der Waals surface area contributed by atoms with E-state index < -0.39 is 75.7 Å². The highest BCUT2D eigenvalue weighted by atomic mass is 31.2. The highest BCUT2D eigenvalue weighted by molar-refractivity contribution is 7.47. The molecular formula is C49H81O13P. The van der Waals surface area contributed by atoms with Crippen LogP contribution in [0.1, 0.15) is 155 Å². The summed E-state index contributed by atoms with van der Waals surface area (Å²) < 4.78 is 33.5. The summed E-state index contributed by atoms with van der Waals surface area (Å²) >= 11 is 0. The lowest BCUT2D eigenvalue weighted by molar-refractivity contribution is -0.220. The van der Waals surface area contributed by atoms with Gasteiger partial charge in [-0.1, -0.05) is 137 Å². The molecule has 0 aromatic heterocycles. The first-order valence-electron chi connectivity index (χ1n) is 23.4. The third-order valence-corrected chi connectivity index (χ3v) is 11.2. The maximum absolute atomic E-state index is 12.8. The summed E-state index contributed by atoms with van der Waals surface area (Å²) in [5.41, 5.74) is 0. The zero-order valence-electron chi connectivity index (χ0n) is 38.1. The van der Waals surface area contributed by atoms with Crippen LogP contribution in [0.2, 0.25) is 0 Å². The predicted octanol–water partition coefficient (Wildman–Crippen LogP) is 9.28. The van der Waals surface area contributed by atoms with Crippen molar-refractivity contribution in [3.63, 3.8) is 0 Å². The van der Waals surface area contributed by atoms with Crippen LogP contribution in [0.3, 0.4) is 0 Å². The molecule has 1 fully saturated rings. The smallest absolute Gasteiger partial charge is 0.462 e. The number of allylic oxidation sites excluding steroid dienone is 14. The number of hydrogen-bond donors (Lipinski definition) is 6. The Hall–Kier alpha value is -2.97. The number of unbranched alkanes of at least 4 members (excludes halogenated alkanes) is 11. The monoisotopic (exact) mass is 909 g/mol. The minimum absolute atomic E-state index is 0.0649. The Morgan fingerprint density at radius 2 is 0.905 bits per heavy atom. The van der Waals surface area contributed by atoms with Crippen LogP contribution in [-0.4, -0.2) is 98.3 Å². The van der Waals surface area contributed by atoms with Crippen LogP contribution in [0, 0.1) is 0 Å². The first kappa shape index (κ1) is 58.0. The summed E-state index contributed by atoms with van der Waals surface area (Å²) in [4.78, 5) is 35.7. The molecule has 63 heavy (non-hydrogen) atoms. The molecule has 13 nitrogen and oxygen atoms in total. The van der Waals surface area contributed by atoms with E-state index in [1.54, 1.807) is 0 Å². The Balaban J connectivity index is 2.49. The molecule has 0 radical (unpaired) electrons. The SMILES string of the molecule is CC/C=C\C/C=C\C/C=C\CCCCCCCC(=O)O[C@H](COC(=O)CCCCC/C=C\C/C=C\C/C=C\C/C=C\CCCCC)COP(=O)(O)OC1C(O)C(O)C(O)[C@@H](O)C1O. The highest BCUT2D eigenvalue weighted by Gasteiger charge is 2.51. The van der Waals surface area contributed by atoms with Gasteiger partial charge in [-0.05, 0) is 89.9 Å². The van der Waals surface area contributed by atoms with Crippen molar-refractivity contribution in [1.29, 1.82) is 0 Å². The third-order valence-electron chi connectivity index (χ3n) is 10.2. The Morgan fingerprint density at radius 3 is 1.40 bits per heavy atom. The molecule has 0 heterocycles. The van der Waals surface area contributed by atoms with Crippen molar-refractivity contribution < 1.29 is 63.1 Å². The molecule has 1 aliphatic carbocycles. The topological polar surface area (TPSA) is 210 Å². The number of ether oxygens (including phenoxy) is 2. The summed E-state index contributed by atoms with van der Waals surface area (Å²) in [6.45, 7) is 3.10. The van der Waals surface area contributed by atoms with Gasteiger partial charge in [0.15, 0.2) is 6.10 Å². The van der Waals surface area contributed by atoms with Crippen LogP contribution < -0.4 is 0 Å². The molecule has 0 bridgehead atoms. The fraction of sp³-hybridized carbons (Fsp3) is 0.673. The van der Waals surface area contributed by atoms with Gasteiger partial charge in [0, 0.05) is 12.8 Å². The molecule has 0 aromatic carbocycles. The summed E-state index contributed by atoms with van der Waals surface area (Å²) in [6, 6.07) is 0. The van der Waals surface area contributed by atoms with Crippen LogP contribution in [0.4, 0.5) is 0 Å². The van der Waals surface area contributed by atoms with E-state index in [2.05, 4.69) is 98.9 Å². The van der Waals surface area contributed by atoms with E-state index in [0.29, 0.717) is 12.8 Å². The number of aliphatic hydroxyl groups excluding tert-OH is 5. The molecule has 1 saturated carbocycles. The average Bonchev–Trinajstić information content (AvgIpc) is 3.26. The lowest BCUT2D eigenvalue weighted by Crippen LogP contribution is -2.64. The number of phosphoric ester groups is 1. The molecule has 1 rings (SSSR count). The van der Waals surface area contributed by atoms with E-state index in [0.717, 1.165) is 96.3 Å². The molecule has 6 unspecified atom stereocenters. The lowest BCUT2D eigenvalue weighted by Gasteiger charge is -2.41. The standard InChI is InChI=1S/C49H81O13P/c1-3-5-7-9-11-13-15-17-19-20-21-22-24-25-27-29-31-33-35-37-42(50)59-39-41(40-60-63(57,58)62-49-47(55)45(53)44(52)46(54)48(49)56)61-43(51)38-36-34-32-30-28-26-23-18-16-14-12-10-8-6-4-2/h6,8,11-14,17-19,21-23,25,27,41,44-49,52-56H,3-5,7,9-10,15-16,20,24,26,28-40H2,1-2H3,(H,57,58)/b8-6-,13-11-,14-12-,19-17-,22-21-,23-18-,27-25-/t41-,44?,45-,46?,47?,48?,49?/m1/s1. The molecule has 0 amide bonds. The van der Waals surface area contributed by atoms with E-state index in [-0.39, 0.29) is 12.8 Å². The van der Waals surface area contributed by atoms with Gasteiger partial charge in [-0.15, -0.1) is 0 Å². The molecule has 8 atom stereocenters. The van der Waals surface area contributed by atoms with Gasteiger partial charge in [-0.25, -0.2) is 4.57 Å².